The van der Waals surface area contributed by atoms with Crippen molar-refractivity contribution >= 4 is 11.9 Å². The van der Waals surface area contributed by atoms with E-state index in [0.29, 0.717) is 25.4 Å². The Morgan fingerprint density at radius 1 is 1.11 bits per heavy atom. The standard InChI is InChI=1S/C14H24N2O3/c15-8-10-3-5-11(6-4-10)13(17)16-7-1-2-12(9-16)14(18)19/h10-12H,1-9,15H2,(H,18,19)/t10?,11?,12-/m1/s1. The lowest BCUT2D eigenvalue weighted by atomic mass is 9.81. The van der Waals surface area contributed by atoms with E-state index in [1.165, 1.54) is 0 Å². The van der Waals surface area contributed by atoms with E-state index in [4.69, 9.17) is 10.8 Å². The number of hydrogen-bond acceptors (Lipinski definition) is 3. The van der Waals surface area contributed by atoms with Crippen molar-refractivity contribution in [3.05, 3.63) is 0 Å². The lowest BCUT2D eigenvalue weighted by Crippen LogP contribution is -2.45. The lowest BCUT2D eigenvalue weighted by Gasteiger charge is -2.35. The van der Waals surface area contributed by atoms with E-state index in [1.54, 1.807) is 4.90 Å². The molecule has 1 aliphatic carbocycles. The Hall–Kier alpha value is -1.10. The minimum atomic E-state index is -0.774. The van der Waals surface area contributed by atoms with Crippen LogP contribution in [0.4, 0.5) is 0 Å². The Kier molecular flexibility index (Phi) is 4.80. The van der Waals surface area contributed by atoms with Crippen LogP contribution in [0.1, 0.15) is 38.5 Å². The Balaban J connectivity index is 1.87. The number of hydrogen-bond donors (Lipinski definition) is 2. The van der Waals surface area contributed by atoms with Crippen LogP contribution in [0.25, 0.3) is 0 Å². The maximum atomic E-state index is 12.4. The number of rotatable bonds is 3. The number of carbonyl (C=O) groups excluding carboxylic acids is 1. The van der Waals surface area contributed by atoms with Crippen molar-refractivity contribution in [1.29, 1.82) is 0 Å². The molecule has 1 atom stereocenters. The topological polar surface area (TPSA) is 83.6 Å². The molecule has 1 amide bonds. The molecule has 0 radical (unpaired) electrons. The Labute approximate surface area is 114 Å². The fourth-order valence-electron chi connectivity index (χ4n) is 3.28. The fraction of sp³-hybridized carbons (Fsp3) is 0.857. The molecule has 0 aromatic heterocycles. The van der Waals surface area contributed by atoms with Crippen LogP contribution in [0, 0.1) is 17.8 Å². The second-order valence-electron chi connectivity index (χ2n) is 5.91. The van der Waals surface area contributed by atoms with Crippen molar-refractivity contribution in [3.8, 4) is 0 Å². The molecule has 0 unspecified atom stereocenters. The molecule has 1 saturated carbocycles. The van der Waals surface area contributed by atoms with E-state index in [9.17, 15) is 9.59 Å². The average molecular weight is 268 g/mol. The van der Waals surface area contributed by atoms with E-state index in [-0.39, 0.29) is 17.7 Å². The Morgan fingerprint density at radius 3 is 2.37 bits per heavy atom. The first-order chi connectivity index (χ1) is 9.11. The van der Waals surface area contributed by atoms with Crippen molar-refractivity contribution in [2.75, 3.05) is 19.6 Å². The molecule has 2 fully saturated rings. The molecule has 2 aliphatic rings. The number of aliphatic carboxylic acids is 1. The molecule has 3 N–H and O–H groups in total. The van der Waals surface area contributed by atoms with Crippen LogP contribution >= 0.6 is 0 Å². The molecule has 0 aromatic carbocycles. The van der Waals surface area contributed by atoms with Gasteiger partial charge in [-0.25, -0.2) is 0 Å². The third-order valence-corrected chi connectivity index (χ3v) is 4.61. The van der Waals surface area contributed by atoms with Gasteiger partial charge in [0.2, 0.25) is 5.91 Å². The van der Waals surface area contributed by atoms with Gasteiger partial charge < -0.3 is 15.7 Å². The quantitative estimate of drug-likeness (QED) is 0.802. The Bertz CT molecular complexity index is 338. The van der Waals surface area contributed by atoms with Gasteiger partial charge in [-0.15, -0.1) is 0 Å². The molecular weight excluding hydrogens is 244 g/mol. The molecule has 1 heterocycles. The summed E-state index contributed by atoms with van der Waals surface area (Å²) in [7, 11) is 0. The van der Waals surface area contributed by atoms with Crippen LogP contribution in [0.15, 0.2) is 0 Å². The summed E-state index contributed by atoms with van der Waals surface area (Å²) in [4.78, 5) is 25.2. The maximum absolute atomic E-state index is 12.4. The van der Waals surface area contributed by atoms with Crippen LogP contribution in [0.2, 0.25) is 0 Å². The van der Waals surface area contributed by atoms with E-state index >= 15 is 0 Å². The molecule has 1 aliphatic heterocycles. The predicted octanol–water partition coefficient (Wildman–Crippen LogP) is 1.07. The largest absolute Gasteiger partial charge is 0.481 e. The van der Waals surface area contributed by atoms with E-state index in [0.717, 1.165) is 38.6 Å². The monoisotopic (exact) mass is 268 g/mol. The van der Waals surface area contributed by atoms with Gasteiger partial charge in [-0.3, -0.25) is 9.59 Å². The van der Waals surface area contributed by atoms with E-state index < -0.39 is 5.97 Å². The SMILES string of the molecule is NCC1CCC(C(=O)N2CCC[C@@H](C(=O)O)C2)CC1. The van der Waals surface area contributed by atoms with Crippen molar-refractivity contribution in [3.63, 3.8) is 0 Å². The minimum Gasteiger partial charge on any atom is -0.481 e. The summed E-state index contributed by atoms with van der Waals surface area (Å²) in [6.45, 7) is 1.83. The number of carboxylic acids is 1. The molecule has 0 aromatic rings. The van der Waals surface area contributed by atoms with Gasteiger partial charge in [0.1, 0.15) is 0 Å². The minimum absolute atomic E-state index is 0.0929. The first-order valence-electron chi connectivity index (χ1n) is 7.33. The molecule has 5 nitrogen and oxygen atoms in total. The normalized spacial score (nSPS) is 32.1. The van der Waals surface area contributed by atoms with Crippen molar-refractivity contribution in [2.45, 2.75) is 38.5 Å². The van der Waals surface area contributed by atoms with Crippen LogP contribution < -0.4 is 5.73 Å². The fourth-order valence-corrected chi connectivity index (χ4v) is 3.28. The molecular formula is C14H24N2O3. The van der Waals surface area contributed by atoms with Gasteiger partial charge in [-0.05, 0) is 51.0 Å². The summed E-state index contributed by atoms with van der Waals surface area (Å²) in [6.07, 6.45) is 5.38. The number of carboxylic acid groups (broad SMARTS) is 1. The van der Waals surface area contributed by atoms with Crippen molar-refractivity contribution < 1.29 is 14.7 Å². The zero-order chi connectivity index (χ0) is 13.8. The van der Waals surface area contributed by atoms with Gasteiger partial charge in [0, 0.05) is 19.0 Å². The molecule has 108 valence electrons. The summed E-state index contributed by atoms with van der Waals surface area (Å²) < 4.78 is 0. The van der Waals surface area contributed by atoms with E-state index in [2.05, 4.69) is 0 Å². The molecule has 19 heavy (non-hydrogen) atoms. The summed E-state index contributed by atoms with van der Waals surface area (Å²) in [6, 6.07) is 0. The highest BCUT2D eigenvalue weighted by Gasteiger charge is 2.33. The van der Waals surface area contributed by atoms with Gasteiger partial charge in [0.25, 0.3) is 0 Å². The first kappa shape index (κ1) is 14.3. The second-order valence-corrected chi connectivity index (χ2v) is 5.91. The number of piperidine rings is 1. The van der Waals surface area contributed by atoms with Crippen LogP contribution in [-0.2, 0) is 9.59 Å². The number of amides is 1. The first-order valence-corrected chi connectivity index (χ1v) is 7.33. The smallest absolute Gasteiger partial charge is 0.308 e. The van der Waals surface area contributed by atoms with Crippen LogP contribution in [0.5, 0.6) is 0 Å². The third kappa shape index (κ3) is 3.47. The predicted molar refractivity (Wildman–Crippen MR) is 71.4 cm³/mol. The summed E-state index contributed by atoms with van der Waals surface area (Å²) in [5.41, 5.74) is 5.66. The third-order valence-electron chi connectivity index (χ3n) is 4.61. The second kappa shape index (κ2) is 6.37. The number of carbonyl (C=O) groups is 2. The number of likely N-dealkylation sites (tertiary alicyclic amines) is 1. The van der Waals surface area contributed by atoms with Crippen molar-refractivity contribution in [1.82, 2.24) is 4.90 Å². The summed E-state index contributed by atoms with van der Waals surface area (Å²) in [5.74, 6) is -0.323. The van der Waals surface area contributed by atoms with Gasteiger partial charge in [-0.1, -0.05) is 0 Å². The van der Waals surface area contributed by atoms with Crippen LogP contribution in [0.3, 0.4) is 0 Å². The zero-order valence-corrected chi connectivity index (χ0v) is 11.4. The highest BCUT2D eigenvalue weighted by atomic mass is 16.4. The van der Waals surface area contributed by atoms with Gasteiger partial charge >= 0.3 is 5.97 Å². The molecule has 2 rings (SSSR count). The summed E-state index contributed by atoms with van der Waals surface area (Å²) >= 11 is 0. The van der Waals surface area contributed by atoms with E-state index in [1.807, 2.05) is 0 Å². The highest BCUT2D eigenvalue weighted by molar-refractivity contribution is 5.80. The molecule has 5 heteroatoms. The number of nitrogens with two attached hydrogens (primary N) is 1. The molecule has 0 spiro atoms. The van der Waals surface area contributed by atoms with Gasteiger partial charge in [0.15, 0.2) is 0 Å². The average Bonchev–Trinajstić information content (AvgIpc) is 2.46. The van der Waals surface area contributed by atoms with Crippen molar-refractivity contribution in [2.24, 2.45) is 23.5 Å². The summed E-state index contributed by atoms with van der Waals surface area (Å²) in [5, 5.41) is 9.06. The Morgan fingerprint density at radius 2 is 1.79 bits per heavy atom. The van der Waals surface area contributed by atoms with Gasteiger partial charge in [0.05, 0.1) is 5.92 Å². The molecule has 1 saturated heterocycles. The highest BCUT2D eigenvalue weighted by Crippen LogP contribution is 2.30. The number of nitrogens with zero attached hydrogens (tertiary/aromatic N) is 1. The zero-order valence-electron chi connectivity index (χ0n) is 11.4. The molecule has 0 bridgehead atoms. The lowest BCUT2D eigenvalue weighted by molar-refractivity contribution is -0.147. The van der Waals surface area contributed by atoms with Gasteiger partial charge in [-0.2, -0.15) is 0 Å². The maximum Gasteiger partial charge on any atom is 0.308 e. The van der Waals surface area contributed by atoms with Crippen LogP contribution in [-0.4, -0.2) is 41.5 Å².